The van der Waals surface area contributed by atoms with Crippen LogP contribution in [0.5, 0.6) is 0 Å². The summed E-state index contributed by atoms with van der Waals surface area (Å²) in [7, 11) is 0. The summed E-state index contributed by atoms with van der Waals surface area (Å²) in [6.07, 6.45) is 0. The van der Waals surface area contributed by atoms with Gasteiger partial charge in [-0.05, 0) is 42.5 Å². The molecular formula is C17H11ClF2N4O. The van der Waals surface area contributed by atoms with Crippen LogP contribution >= 0.6 is 11.6 Å². The number of para-hydroxylation sites is 1. The van der Waals surface area contributed by atoms with E-state index >= 15 is 0 Å². The predicted molar refractivity (Wildman–Crippen MR) is 91.1 cm³/mol. The summed E-state index contributed by atoms with van der Waals surface area (Å²) in [6.45, 7) is 0. The summed E-state index contributed by atoms with van der Waals surface area (Å²) in [5, 5.41) is 13.7. The monoisotopic (exact) mass is 360 g/mol. The van der Waals surface area contributed by atoms with Crippen molar-refractivity contribution in [1.29, 1.82) is 0 Å². The molecule has 0 saturated heterocycles. The number of hydrogen-bond acceptors (Lipinski definition) is 4. The van der Waals surface area contributed by atoms with Gasteiger partial charge in [-0.25, -0.2) is 8.78 Å². The van der Waals surface area contributed by atoms with Crippen molar-refractivity contribution in [3.8, 4) is 0 Å². The molecule has 25 heavy (non-hydrogen) atoms. The maximum Gasteiger partial charge on any atom is 0.256 e. The minimum atomic E-state index is -1.10. The third kappa shape index (κ3) is 4.07. The van der Waals surface area contributed by atoms with E-state index in [1.807, 2.05) is 6.07 Å². The Kier molecular flexibility index (Phi) is 4.85. The van der Waals surface area contributed by atoms with Gasteiger partial charge in [0, 0.05) is 5.56 Å². The zero-order valence-corrected chi connectivity index (χ0v) is 13.4. The number of nitrogens with zero attached hydrogens (tertiary/aromatic N) is 2. The number of anilines is 3. The van der Waals surface area contributed by atoms with Crippen LogP contribution in [0.15, 0.2) is 54.6 Å². The fourth-order valence-electron chi connectivity index (χ4n) is 1.99. The Balaban J connectivity index is 1.69. The van der Waals surface area contributed by atoms with E-state index in [4.69, 9.17) is 11.6 Å². The van der Waals surface area contributed by atoms with Crippen LogP contribution in [0.25, 0.3) is 0 Å². The zero-order chi connectivity index (χ0) is 17.8. The number of halogens is 3. The van der Waals surface area contributed by atoms with Gasteiger partial charge in [-0.1, -0.05) is 23.7 Å². The van der Waals surface area contributed by atoms with Crippen LogP contribution in [-0.4, -0.2) is 16.1 Å². The Hall–Kier alpha value is -3.06. The molecule has 0 bridgehead atoms. The molecule has 126 valence electrons. The number of hydrogen-bond donors (Lipinski definition) is 2. The number of carbonyl (C=O) groups is 1. The highest BCUT2D eigenvalue weighted by Crippen LogP contribution is 2.23. The van der Waals surface area contributed by atoms with Crippen LogP contribution in [0, 0.1) is 11.6 Å². The van der Waals surface area contributed by atoms with Gasteiger partial charge in [-0.3, -0.25) is 4.79 Å². The van der Waals surface area contributed by atoms with Gasteiger partial charge in [-0.2, -0.15) is 0 Å². The molecule has 3 rings (SSSR count). The summed E-state index contributed by atoms with van der Waals surface area (Å²) >= 11 is 6.04. The van der Waals surface area contributed by atoms with E-state index in [0.29, 0.717) is 16.5 Å². The van der Waals surface area contributed by atoms with Crippen molar-refractivity contribution in [3.63, 3.8) is 0 Å². The molecule has 0 fully saturated rings. The Labute approximate surface area is 146 Å². The van der Waals surface area contributed by atoms with Crippen molar-refractivity contribution in [3.05, 3.63) is 76.8 Å². The lowest BCUT2D eigenvalue weighted by Gasteiger charge is -2.08. The van der Waals surface area contributed by atoms with Crippen molar-refractivity contribution < 1.29 is 13.6 Å². The number of carbonyl (C=O) groups excluding carboxylic acids is 1. The third-order valence-electron chi connectivity index (χ3n) is 3.22. The summed E-state index contributed by atoms with van der Waals surface area (Å²) in [5.41, 5.74) is 0.635. The summed E-state index contributed by atoms with van der Waals surface area (Å²) in [5.74, 6) is -2.15. The van der Waals surface area contributed by atoms with Crippen LogP contribution < -0.4 is 10.6 Å². The first-order valence-electron chi connectivity index (χ1n) is 7.14. The first-order valence-corrected chi connectivity index (χ1v) is 7.52. The molecule has 1 aromatic heterocycles. The second kappa shape index (κ2) is 7.23. The fraction of sp³-hybridized carbons (Fsp3) is 0. The average Bonchev–Trinajstić information content (AvgIpc) is 2.61. The molecule has 1 heterocycles. The first kappa shape index (κ1) is 16.8. The highest BCUT2D eigenvalue weighted by Gasteiger charge is 2.11. The van der Waals surface area contributed by atoms with Crippen molar-refractivity contribution in [2.75, 3.05) is 10.6 Å². The smallest absolute Gasteiger partial charge is 0.256 e. The predicted octanol–water partition coefficient (Wildman–Crippen LogP) is 4.40. The number of benzene rings is 2. The molecule has 8 heteroatoms. The molecule has 2 aromatic carbocycles. The van der Waals surface area contributed by atoms with E-state index in [9.17, 15) is 13.6 Å². The average molecular weight is 361 g/mol. The third-order valence-corrected chi connectivity index (χ3v) is 3.55. The molecule has 0 atom stereocenters. The summed E-state index contributed by atoms with van der Waals surface area (Å²) in [6, 6.07) is 13.1. The molecule has 0 unspecified atom stereocenters. The van der Waals surface area contributed by atoms with Crippen LogP contribution in [0.1, 0.15) is 10.4 Å². The lowest BCUT2D eigenvalue weighted by molar-refractivity contribution is 0.102. The molecular weight excluding hydrogens is 350 g/mol. The minimum Gasteiger partial charge on any atom is -0.338 e. The van der Waals surface area contributed by atoms with Crippen LogP contribution in [0.4, 0.5) is 26.1 Å². The molecule has 0 aliphatic rings. The topological polar surface area (TPSA) is 66.9 Å². The minimum absolute atomic E-state index is 0.0287. The van der Waals surface area contributed by atoms with Crippen molar-refractivity contribution in [2.24, 2.45) is 0 Å². The van der Waals surface area contributed by atoms with E-state index in [1.54, 1.807) is 24.3 Å². The largest absolute Gasteiger partial charge is 0.338 e. The van der Waals surface area contributed by atoms with E-state index in [-0.39, 0.29) is 11.4 Å². The van der Waals surface area contributed by atoms with Crippen LogP contribution in [0.3, 0.4) is 0 Å². The normalized spacial score (nSPS) is 10.4. The molecule has 0 aliphatic heterocycles. The highest BCUT2D eigenvalue weighted by molar-refractivity contribution is 6.33. The van der Waals surface area contributed by atoms with Gasteiger partial charge in [-0.15, -0.1) is 10.2 Å². The first-order chi connectivity index (χ1) is 12.0. The van der Waals surface area contributed by atoms with Crippen LogP contribution in [-0.2, 0) is 0 Å². The Morgan fingerprint density at radius 2 is 1.64 bits per heavy atom. The van der Waals surface area contributed by atoms with Gasteiger partial charge < -0.3 is 10.6 Å². The summed E-state index contributed by atoms with van der Waals surface area (Å²) in [4.78, 5) is 12.0. The summed E-state index contributed by atoms with van der Waals surface area (Å²) < 4.78 is 26.1. The standard InChI is InChI=1S/C17H11ClF2N4O/c18-11-3-1-2-4-14(11)21-15-7-8-16(24-23-15)22-17(25)10-5-6-12(19)13(20)9-10/h1-9H,(H,21,23)(H,22,24,25). The van der Waals surface area contributed by atoms with Gasteiger partial charge in [0.1, 0.15) is 0 Å². The maximum absolute atomic E-state index is 13.2. The molecule has 5 nitrogen and oxygen atoms in total. The molecule has 1 amide bonds. The number of rotatable bonds is 4. The molecule has 2 N–H and O–H groups in total. The van der Waals surface area contributed by atoms with E-state index in [2.05, 4.69) is 20.8 Å². The number of nitrogens with one attached hydrogen (secondary N) is 2. The second-order valence-corrected chi connectivity index (χ2v) is 5.40. The molecule has 0 radical (unpaired) electrons. The molecule has 0 aliphatic carbocycles. The SMILES string of the molecule is O=C(Nc1ccc(Nc2ccccc2Cl)nn1)c1ccc(F)c(F)c1. The van der Waals surface area contributed by atoms with Crippen molar-refractivity contribution in [1.82, 2.24) is 10.2 Å². The van der Waals surface area contributed by atoms with Gasteiger partial charge in [0.15, 0.2) is 23.3 Å². The maximum atomic E-state index is 13.2. The fourth-order valence-corrected chi connectivity index (χ4v) is 2.17. The Bertz CT molecular complexity index is 919. The van der Waals surface area contributed by atoms with Gasteiger partial charge in [0.2, 0.25) is 0 Å². The second-order valence-electron chi connectivity index (χ2n) is 4.99. The molecule has 3 aromatic rings. The van der Waals surface area contributed by atoms with E-state index in [1.165, 1.54) is 12.1 Å². The van der Waals surface area contributed by atoms with Gasteiger partial charge >= 0.3 is 0 Å². The van der Waals surface area contributed by atoms with E-state index in [0.717, 1.165) is 12.1 Å². The van der Waals surface area contributed by atoms with Crippen molar-refractivity contribution >= 4 is 34.8 Å². The zero-order valence-electron chi connectivity index (χ0n) is 12.6. The number of amides is 1. The Morgan fingerprint density at radius 3 is 2.32 bits per heavy atom. The lowest BCUT2D eigenvalue weighted by Crippen LogP contribution is -2.14. The van der Waals surface area contributed by atoms with Crippen molar-refractivity contribution in [2.45, 2.75) is 0 Å². The van der Waals surface area contributed by atoms with Crippen LogP contribution in [0.2, 0.25) is 5.02 Å². The Morgan fingerprint density at radius 1 is 0.920 bits per heavy atom. The highest BCUT2D eigenvalue weighted by atomic mass is 35.5. The van der Waals surface area contributed by atoms with Gasteiger partial charge in [0.05, 0.1) is 10.7 Å². The van der Waals surface area contributed by atoms with Gasteiger partial charge in [0.25, 0.3) is 5.91 Å². The lowest BCUT2D eigenvalue weighted by atomic mass is 10.2. The van der Waals surface area contributed by atoms with E-state index < -0.39 is 17.5 Å². The quantitative estimate of drug-likeness (QED) is 0.723. The molecule has 0 spiro atoms. The number of aromatic nitrogens is 2. The molecule has 0 saturated carbocycles.